The molecule has 7 heteroatoms. The second kappa shape index (κ2) is 13.6. The number of hydrogen-bond acceptors (Lipinski definition) is 3. The molecule has 0 saturated heterocycles. The van der Waals surface area contributed by atoms with Gasteiger partial charge < -0.3 is 15.0 Å². The predicted molar refractivity (Wildman–Crippen MR) is 151 cm³/mol. The Morgan fingerprint density at radius 2 is 1.69 bits per heavy atom. The first kappa shape index (κ1) is 27.9. The summed E-state index contributed by atoms with van der Waals surface area (Å²) in [5, 5.41) is 3.08. The molecule has 3 aromatic carbocycles. The minimum absolute atomic E-state index is 0.000542. The number of carbonyl (C=O) groups is 2. The van der Waals surface area contributed by atoms with Gasteiger partial charge in [0.15, 0.2) is 6.61 Å². The van der Waals surface area contributed by atoms with Crippen LogP contribution in [0.4, 0.5) is 0 Å². The van der Waals surface area contributed by atoms with Crippen LogP contribution in [0, 0.1) is 6.92 Å². The highest BCUT2D eigenvalue weighted by Crippen LogP contribution is 2.22. The largest absolute Gasteiger partial charge is 0.484 e. The van der Waals surface area contributed by atoms with E-state index in [1.165, 1.54) is 0 Å². The molecule has 0 aliphatic heterocycles. The number of hydrogen-bond donors (Lipinski definition) is 1. The Bertz CT molecular complexity index is 1170. The van der Waals surface area contributed by atoms with Crippen LogP contribution in [-0.4, -0.2) is 35.4 Å². The summed E-state index contributed by atoms with van der Waals surface area (Å²) in [4.78, 5) is 28.8. The normalized spacial score (nSPS) is 12.5. The van der Waals surface area contributed by atoms with Crippen molar-refractivity contribution in [3.05, 3.63) is 98.4 Å². The number of benzene rings is 3. The minimum Gasteiger partial charge on any atom is -0.484 e. The summed E-state index contributed by atoms with van der Waals surface area (Å²) >= 11 is 7.00. The number of aryl methyl sites for hydroxylation is 1. The van der Waals surface area contributed by atoms with Crippen molar-refractivity contribution in [2.45, 2.75) is 52.2 Å². The smallest absolute Gasteiger partial charge is 0.261 e. The molecule has 190 valence electrons. The first-order valence-corrected chi connectivity index (χ1v) is 13.6. The average molecular weight is 616 g/mol. The highest BCUT2D eigenvalue weighted by Gasteiger charge is 2.31. The van der Waals surface area contributed by atoms with Gasteiger partial charge in [-0.2, -0.15) is 0 Å². The summed E-state index contributed by atoms with van der Waals surface area (Å²) in [6.45, 7) is 6.07. The second-order valence-corrected chi connectivity index (χ2v) is 10.6. The van der Waals surface area contributed by atoms with E-state index in [4.69, 9.17) is 4.74 Å². The lowest BCUT2D eigenvalue weighted by Gasteiger charge is -2.32. The zero-order valence-corrected chi connectivity index (χ0v) is 24.0. The molecular formula is C29H32Br2N2O3. The molecule has 0 aliphatic carbocycles. The van der Waals surface area contributed by atoms with Gasteiger partial charge in [-0.3, -0.25) is 9.59 Å². The molecular weight excluding hydrogens is 584 g/mol. The van der Waals surface area contributed by atoms with Crippen molar-refractivity contribution in [3.63, 3.8) is 0 Å². The molecule has 0 spiro atoms. The number of halogens is 2. The Hall–Kier alpha value is -2.64. The van der Waals surface area contributed by atoms with Crippen LogP contribution < -0.4 is 10.1 Å². The molecule has 0 aliphatic rings. The highest BCUT2D eigenvalue weighted by atomic mass is 79.9. The lowest BCUT2D eigenvalue weighted by Crippen LogP contribution is -2.53. The van der Waals surface area contributed by atoms with E-state index in [0.29, 0.717) is 12.2 Å². The molecule has 2 atom stereocenters. The van der Waals surface area contributed by atoms with Crippen molar-refractivity contribution < 1.29 is 14.3 Å². The van der Waals surface area contributed by atoms with Gasteiger partial charge in [0.1, 0.15) is 11.8 Å². The molecule has 3 aromatic rings. The molecule has 0 saturated carbocycles. The van der Waals surface area contributed by atoms with E-state index in [1.54, 1.807) is 4.90 Å². The van der Waals surface area contributed by atoms with Crippen molar-refractivity contribution in [2.24, 2.45) is 0 Å². The molecule has 0 fully saturated rings. The van der Waals surface area contributed by atoms with Crippen LogP contribution in [0.25, 0.3) is 0 Å². The third-order valence-corrected chi connectivity index (χ3v) is 7.39. The number of nitrogens with zero attached hydrogens (tertiary/aromatic N) is 1. The van der Waals surface area contributed by atoms with Crippen molar-refractivity contribution >= 4 is 43.7 Å². The molecule has 0 heterocycles. The molecule has 5 nitrogen and oxygen atoms in total. The Kier molecular flexibility index (Phi) is 10.6. The third kappa shape index (κ3) is 8.20. The van der Waals surface area contributed by atoms with Crippen LogP contribution in [0.3, 0.4) is 0 Å². The quantitative estimate of drug-likeness (QED) is 0.270. The van der Waals surface area contributed by atoms with Crippen molar-refractivity contribution in [1.82, 2.24) is 10.2 Å². The Morgan fingerprint density at radius 1 is 0.972 bits per heavy atom. The number of rotatable bonds is 11. The van der Waals surface area contributed by atoms with Crippen LogP contribution >= 0.6 is 31.9 Å². The summed E-state index contributed by atoms with van der Waals surface area (Å²) in [6, 6.07) is 22.5. The number of carbonyl (C=O) groups excluding carboxylic acids is 2. The van der Waals surface area contributed by atoms with Crippen LogP contribution in [-0.2, 0) is 22.6 Å². The maximum Gasteiger partial charge on any atom is 0.261 e. The molecule has 36 heavy (non-hydrogen) atoms. The summed E-state index contributed by atoms with van der Waals surface area (Å²) in [7, 11) is 0. The van der Waals surface area contributed by atoms with Gasteiger partial charge in [0, 0.05) is 28.0 Å². The summed E-state index contributed by atoms with van der Waals surface area (Å²) in [6.07, 6.45) is 1.20. The van der Waals surface area contributed by atoms with Gasteiger partial charge in [0.05, 0.1) is 0 Å². The zero-order chi connectivity index (χ0) is 26.1. The van der Waals surface area contributed by atoms with Gasteiger partial charge in [-0.15, -0.1) is 0 Å². The van der Waals surface area contributed by atoms with Crippen LogP contribution in [0.2, 0.25) is 0 Å². The van der Waals surface area contributed by atoms with E-state index in [1.807, 2.05) is 93.6 Å². The molecule has 1 N–H and O–H groups in total. The van der Waals surface area contributed by atoms with E-state index < -0.39 is 6.04 Å². The molecule has 3 rings (SSSR count). The van der Waals surface area contributed by atoms with Crippen molar-refractivity contribution in [2.75, 3.05) is 6.61 Å². The standard InChI is InChI=1S/C29H32Br2N2O3/c1-4-21(3)32-29(35)27(17-22-9-6-5-7-10-22)33(18-23-11-8-12-24(30)16-23)28(34)19-36-25-13-14-26(31)20(2)15-25/h5-16,21,27H,4,17-19H2,1-3H3,(H,32,35)/t21-,27+/m1/s1. The summed E-state index contributed by atoms with van der Waals surface area (Å²) in [5.41, 5.74) is 2.92. The lowest BCUT2D eigenvalue weighted by atomic mass is 10.0. The maximum atomic E-state index is 13.6. The SMILES string of the molecule is CC[C@@H](C)NC(=O)[C@H](Cc1ccccc1)N(Cc1cccc(Br)c1)C(=O)COc1ccc(Br)c(C)c1. The molecule has 0 aromatic heterocycles. The van der Waals surface area contributed by atoms with Gasteiger partial charge in [0.25, 0.3) is 5.91 Å². The lowest BCUT2D eigenvalue weighted by molar-refractivity contribution is -0.143. The van der Waals surface area contributed by atoms with E-state index in [9.17, 15) is 9.59 Å². The average Bonchev–Trinajstić information content (AvgIpc) is 2.87. The fraction of sp³-hybridized carbons (Fsp3) is 0.310. The van der Waals surface area contributed by atoms with Crippen molar-refractivity contribution in [1.29, 1.82) is 0 Å². The molecule has 0 bridgehead atoms. The summed E-state index contributed by atoms with van der Waals surface area (Å²) in [5.74, 6) is 0.182. The topological polar surface area (TPSA) is 58.6 Å². The zero-order valence-electron chi connectivity index (χ0n) is 20.8. The van der Waals surface area contributed by atoms with E-state index in [-0.39, 0.29) is 31.0 Å². The van der Waals surface area contributed by atoms with Crippen LogP contribution in [0.15, 0.2) is 81.7 Å². The second-order valence-electron chi connectivity index (χ2n) is 8.87. The van der Waals surface area contributed by atoms with Gasteiger partial charge in [-0.05, 0) is 67.3 Å². The van der Waals surface area contributed by atoms with Gasteiger partial charge in [-0.1, -0.05) is 81.2 Å². The van der Waals surface area contributed by atoms with Crippen LogP contribution in [0.5, 0.6) is 5.75 Å². The van der Waals surface area contributed by atoms with Gasteiger partial charge in [-0.25, -0.2) is 0 Å². The van der Waals surface area contributed by atoms with Gasteiger partial charge in [0.2, 0.25) is 5.91 Å². The first-order chi connectivity index (χ1) is 17.3. The van der Waals surface area contributed by atoms with E-state index >= 15 is 0 Å². The highest BCUT2D eigenvalue weighted by molar-refractivity contribution is 9.10. The Morgan fingerprint density at radius 3 is 2.36 bits per heavy atom. The number of nitrogens with one attached hydrogen (secondary N) is 1. The third-order valence-electron chi connectivity index (χ3n) is 6.01. The first-order valence-electron chi connectivity index (χ1n) is 12.0. The number of ether oxygens (including phenoxy) is 1. The predicted octanol–water partition coefficient (Wildman–Crippen LogP) is 6.45. The number of amides is 2. The fourth-order valence-electron chi connectivity index (χ4n) is 3.76. The molecule has 0 unspecified atom stereocenters. The minimum atomic E-state index is -0.692. The molecule has 0 radical (unpaired) electrons. The molecule has 2 amide bonds. The van der Waals surface area contributed by atoms with Gasteiger partial charge >= 0.3 is 0 Å². The van der Waals surface area contributed by atoms with Crippen LogP contribution in [0.1, 0.15) is 37.0 Å². The maximum absolute atomic E-state index is 13.6. The van der Waals surface area contributed by atoms with E-state index in [0.717, 1.165) is 32.1 Å². The van der Waals surface area contributed by atoms with Crippen molar-refractivity contribution in [3.8, 4) is 5.75 Å². The Balaban J connectivity index is 1.91. The van der Waals surface area contributed by atoms with E-state index in [2.05, 4.69) is 37.2 Å². The monoisotopic (exact) mass is 614 g/mol. The Labute approximate surface area is 230 Å². The fourth-order valence-corrected chi connectivity index (χ4v) is 4.46. The summed E-state index contributed by atoms with van der Waals surface area (Å²) < 4.78 is 7.76.